The summed E-state index contributed by atoms with van der Waals surface area (Å²) in [7, 11) is 0. The molecular weight excluding hydrogens is 500 g/mol. The van der Waals surface area contributed by atoms with Crippen LogP contribution in [-0.2, 0) is 11.2 Å². The predicted octanol–water partition coefficient (Wildman–Crippen LogP) is 11.5. The molecule has 0 radical (unpaired) electrons. The van der Waals surface area contributed by atoms with Crippen molar-refractivity contribution in [1.82, 2.24) is 0 Å². The zero-order chi connectivity index (χ0) is 28.9. The number of benzene rings is 3. The third-order valence-corrected chi connectivity index (χ3v) is 9.47. The van der Waals surface area contributed by atoms with Crippen LogP contribution in [0.5, 0.6) is 0 Å². The lowest BCUT2D eigenvalue weighted by molar-refractivity contribution is -0.142. The van der Waals surface area contributed by atoms with E-state index in [2.05, 4.69) is 86.6 Å². The number of hydrogen-bond acceptors (Lipinski definition) is 1. The van der Waals surface area contributed by atoms with Crippen LogP contribution in [0.3, 0.4) is 0 Å². The van der Waals surface area contributed by atoms with Crippen LogP contribution in [0, 0.1) is 11.8 Å². The molecule has 2 heteroatoms. The summed E-state index contributed by atoms with van der Waals surface area (Å²) in [6.45, 7) is 4.42. The summed E-state index contributed by atoms with van der Waals surface area (Å²) in [6, 6.07) is 27.1. The number of carbonyl (C=O) groups is 1. The second-order valence-corrected chi connectivity index (χ2v) is 12.5. The summed E-state index contributed by atoms with van der Waals surface area (Å²) in [5.74, 6) is 0.825. The van der Waals surface area contributed by atoms with E-state index >= 15 is 0 Å². The zero-order valence-corrected chi connectivity index (χ0v) is 25.6. The van der Waals surface area contributed by atoms with E-state index in [1.807, 2.05) is 0 Å². The summed E-state index contributed by atoms with van der Waals surface area (Å²) in [6.07, 6.45) is 17.9. The van der Waals surface area contributed by atoms with Crippen molar-refractivity contribution < 1.29 is 9.90 Å². The van der Waals surface area contributed by atoms with Gasteiger partial charge in [-0.25, -0.2) is 0 Å². The maximum atomic E-state index is 11.6. The van der Waals surface area contributed by atoms with Gasteiger partial charge in [-0.15, -0.1) is 0 Å². The Morgan fingerprint density at radius 2 is 1.29 bits per heavy atom. The highest BCUT2D eigenvalue weighted by atomic mass is 16.4. The molecule has 1 unspecified atom stereocenters. The van der Waals surface area contributed by atoms with E-state index < -0.39 is 5.97 Å². The van der Waals surface area contributed by atoms with E-state index in [4.69, 9.17) is 0 Å². The number of hydrogen-bond donors (Lipinski definition) is 1. The van der Waals surface area contributed by atoms with Gasteiger partial charge in [0.15, 0.2) is 0 Å². The van der Waals surface area contributed by atoms with Gasteiger partial charge in [0, 0.05) is 0 Å². The van der Waals surface area contributed by atoms with Gasteiger partial charge in [-0.3, -0.25) is 4.79 Å². The van der Waals surface area contributed by atoms with Crippen LogP contribution in [0.1, 0.15) is 121 Å². The maximum Gasteiger partial charge on any atom is 0.306 e. The number of rotatable bonds is 16. The second-order valence-electron chi connectivity index (χ2n) is 12.5. The van der Waals surface area contributed by atoms with Crippen LogP contribution >= 0.6 is 0 Å². The molecule has 4 rings (SSSR count). The molecule has 3 aromatic rings. The van der Waals surface area contributed by atoms with Crippen molar-refractivity contribution >= 4 is 5.97 Å². The highest BCUT2D eigenvalue weighted by molar-refractivity contribution is 5.83. The van der Waals surface area contributed by atoms with Gasteiger partial charge in [-0.05, 0) is 96.6 Å². The summed E-state index contributed by atoms with van der Waals surface area (Å²) in [5.41, 5.74) is 7.86. The molecule has 0 aliphatic heterocycles. The molecule has 2 nitrogen and oxygen atoms in total. The summed E-state index contributed by atoms with van der Waals surface area (Å²) in [5, 5.41) is 9.51. The number of aliphatic carboxylic acids is 1. The Morgan fingerprint density at radius 3 is 1.88 bits per heavy atom. The first-order chi connectivity index (χ1) is 20.1. The average molecular weight is 553 g/mol. The molecule has 0 spiro atoms. The first-order valence-electron chi connectivity index (χ1n) is 16.6. The van der Waals surface area contributed by atoms with Crippen molar-refractivity contribution in [2.24, 2.45) is 11.8 Å². The van der Waals surface area contributed by atoms with Crippen LogP contribution in [0.25, 0.3) is 22.3 Å². The highest BCUT2D eigenvalue weighted by Gasteiger charge is 2.22. The minimum Gasteiger partial charge on any atom is -0.481 e. The van der Waals surface area contributed by atoms with Crippen molar-refractivity contribution in [2.45, 2.75) is 116 Å². The lowest BCUT2D eigenvalue weighted by Gasteiger charge is -2.29. The number of carboxylic acids is 1. The molecule has 1 aliphatic rings. The molecule has 1 fully saturated rings. The normalized spacial score (nSPS) is 17.8. The topological polar surface area (TPSA) is 37.3 Å². The molecule has 220 valence electrons. The molecule has 1 N–H and O–H groups in total. The second kappa shape index (κ2) is 16.5. The minimum absolute atomic E-state index is 0.206. The van der Waals surface area contributed by atoms with Gasteiger partial charge < -0.3 is 5.11 Å². The molecule has 0 aromatic heterocycles. The monoisotopic (exact) mass is 552 g/mol. The predicted molar refractivity (Wildman–Crippen MR) is 174 cm³/mol. The summed E-state index contributed by atoms with van der Waals surface area (Å²) < 4.78 is 0. The summed E-state index contributed by atoms with van der Waals surface area (Å²) >= 11 is 0. The zero-order valence-electron chi connectivity index (χ0n) is 25.6. The molecule has 0 saturated heterocycles. The largest absolute Gasteiger partial charge is 0.481 e. The van der Waals surface area contributed by atoms with Crippen LogP contribution < -0.4 is 0 Å². The minimum atomic E-state index is -0.640. The molecule has 1 atom stereocenters. The van der Waals surface area contributed by atoms with Crippen LogP contribution in [0.15, 0.2) is 72.8 Å². The molecule has 1 saturated carbocycles. The van der Waals surface area contributed by atoms with Gasteiger partial charge in [0.2, 0.25) is 0 Å². The third kappa shape index (κ3) is 9.32. The lowest BCUT2D eigenvalue weighted by Crippen LogP contribution is -2.13. The van der Waals surface area contributed by atoms with Crippen molar-refractivity contribution in [3.63, 3.8) is 0 Å². The van der Waals surface area contributed by atoms with Crippen molar-refractivity contribution in [3.05, 3.63) is 83.9 Å². The van der Waals surface area contributed by atoms with E-state index in [9.17, 15) is 9.90 Å². The van der Waals surface area contributed by atoms with Crippen LogP contribution in [-0.4, -0.2) is 11.1 Å². The van der Waals surface area contributed by atoms with E-state index in [1.54, 1.807) is 0 Å². The van der Waals surface area contributed by atoms with Gasteiger partial charge >= 0.3 is 5.97 Å². The average Bonchev–Trinajstić information content (AvgIpc) is 3.01. The quantitative estimate of drug-likeness (QED) is 0.179. The Bertz CT molecular complexity index is 1170. The molecule has 0 bridgehead atoms. The maximum absolute atomic E-state index is 11.6. The molecule has 0 heterocycles. The number of aryl methyl sites for hydroxylation is 1. The number of carboxylic acid groups (broad SMARTS) is 1. The van der Waals surface area contributed by atoms with E-state index in [1.165, 1.54) is 91.2 Å². The molecule has 3 aromatic carbocycles. The fourth-order valence-corrected chi connectivity index (χ4v) is 6.81. The third-order valence-electron chi connectivity index (χ3n) is 9.47. The van der Waals surface area contributed by atoms with Gasteiger partial charge in [0.25, 0.3) is 0 Å². The Morgan fingerprint density at radius 1 is 0.707 bits per heavy atom. The van der Waals surface area contributed by atoms with Crippen molar-refractivity contribution in [1.29, 1.82) is 0 Å². The Balaban J connectivity index is 1.34. The van der Waals surface area contributed by atoms with Crippen LogP contribution in [0.2, 0.25) is 0 Å². The Hall–Kier alpha value is -2.87. The molecule has 41 heavy (non-hydrogen) atoms. The summed E-state index contributed by atoms with van der Waals surface area (Å²) in [4.78, 5) is 11.6. The van der Waals surface area contributed by atoms with Gasteiger partial charge in [0.05, 0.1) is 5.92 Å². The van der Waals surface area contributed by atoms with Crippen LogP contribution in [0.4, 0.5) is 0 Å². The molecule has 1 aliphatic carbocycles. The number of unbranched alkanes of at least 4 members (excludes halogenated alkanes) is 4. The lowest BCUT2D eigenvalue weighted by atomic mass is 9.77. The van der Waals surface area contributed by atoms with E-state index in [-0.39, 0.29) is 5.92 Å². The van der Waals surface area contributed by atoms with Crippen molar-refractivity contribution in [2.75, 3.05) is 0 Å². The standard InChI is InChI=1S/C39H52O2/c1-3-5-7-8-12-30-18-22-32(23-19-30)33-26-28-35(29-27-33)38-17-10-9-16-37(38)34-24-20-31(21-25-34)13-11-15-36(39(40)41)14-6-4-2/h9-10,16-17,20-21,24-30,32,36H,3-8,11-15,18-19,22-23H2,1-2H3,(H,40,41)/t30-,32-,36?. The van der Waals surface area contributed by atoms with Crippen molar-refractivity contribution in [3.8, 4) is 22.3 Å². The van der Waals surface area contributed by atoms with E-state index in [0.717, 1.165) is 50.4 Å². The first kappa shape index (κ1) is 31.1. The fraction of sp³-hybridized carbons (Fsp3) is 0.513. The fourth-order valence-electron chi connectivity index (χ4n) is 6.81. The molecule has 0 amide bonds. The Labute approximate surface area is 249 Å². The van der Waals surface area contributed by atoms with Gasteiger partial charge in [-0.2, -0.15) is 0 Å². The van der Waals surface area contributed by atoms with Gasteiger partial charge in [-0.1, -0.05) is 132 Å². The van der Waals surface area contributed by atoms with Gasteiger partial charge in [0.1, 0.15) is 0 Å². The smallest absolute Gasteiger partial charge is 0.306 e. The SMILES string of the molecule is CCCCCC[C@H]1CC[C@H](c2ccc(-c3ccccc3-c3ccc(CCCC(CCCC)C(=O)O)cc3)cc2)CC1. The highest BCUT2D eigenvalue weighted by Crippen LogP contribution is 2.39. The van der Waals surface area contributed by atoms with E-state index in [0.29, 0.717) is 0 Å². The Kier molecular flexibility index (Phi) is 12.5. The molecular formula is C39H52O2. The first-order valence-corrected chi connectivity index (χ1v) is 16.6.